The number of carbonyl (C=O) groups is 2. The van der Waals surface area contributed by atoms with Gasteiger partial charge in [0.15, 0.2) is 10.8 Å². The van der Waals surface area contributed by atoms with Gasteiger partial charge in [-0.05, 0) is 26.0 Å². The van der Waals surface area contributed by atoms with Crippen molar-refractivity contribution in [2.75, 3.05) is 6.54 Å². The fourth-order valence-electron chi connectivity index (χ4n) is 1.39. The largest absolute Gasteiger partial charge is 0.481 e. The third-order valence-electron chi connectivity index (χ3n) is 2.30. The average molecular weight is 272 g/mol. The number of aliphatic carboxylic acids is 1. The summed E-state index contributed by atoms with van der Waals surface area (Å²) in [6, 6.07) is 2.82. The first-order valence-corrected chi connectivity index (χ1v) is 5.81. The van der Waals surface area contributed by atoms with Crippen molar-refractivity contribution in [3.05, 3.63) is 23.0 Å². The van der Waals surface area contributed by atoms with Gasteiger partial charge in [0.25, 0.3) is 5.91 Å². The number of carboxylic acid groups (broad SMARTS) is 1. The van der Waals surface area contributed by atoms with E-state index in [1.807, 2.05) is 13.8 Å². The summed E-state index contributed by atoms with van der Waals surface area (Å²) in [5, 5.41) is 16.1. The topological polar surface area (TPSA) is 83.4 Å². The van der Waals surface area contributed by atoms with Gasteiger partial charge in [0, 0.05) is 12.6 Å². The van der Waals surface area contributed by atoms with E-state index in [4.69, 9.17) is 16.7 Å². The monoisotopic (exact) mass is 271 g/mol. The second kappa shape index (κ2) is 6.30. The van der Waals surface area contributed by atoms with Crippen LogP contribution in [0.4, 0.5) is 0 Å². The van der Waals surface area contributed by atoms with Gasteiger partial charge in [-0.15, -0.1) is 10.2 Å². The Kier molecular flexibility index (Phi) is 5.03. The molecule has 0 saturated carbocycles. The molecule has 0 aliphatic heterocycles. The highest BCUT2D eigenvalue weighted by molar-refractivity contribution is 6.29. The summed E-state index contributed by atoms with van der Waals surface area (Å²) in [5.74, 6) is -1.30. The summed E-state index contributed by atoms with van der Waals surface area (Å²) in [6.45, 7) is 3.75. The Morgan fingerprint density at radius 2 is 2.06 bits per heavy atom. The molecule has 98 valence electrons. The minimum Gasteiger partial charge on any atom is -0.481 e. The predicted molar refractivity (Wildman–Crippen MR) is 65.5 cm³/mol. The molecule has 0 saturated heterocycles. The Bertz CT molecular complexity index is 434. The van der Waals surface area contributed by atoms with E-state index in [0.717, 1.165) is 0 Å². The lowest BCUT2D eigenvalue weighted by Gasteiger charge is -2.25. The highest BCUT2D eigenvalue weighted by Crippen LogP contribution is 2.09. The Hall–Kier alpha value is -1.69. The van der Waals surface area contributed by atoms with E-state index < -0.39 is 5.97 Å². The fourth-order valence-corrected chi connectivity index (χ4v) is 1.49. The lowest BCUT2D eigenvalue weighted by Crippen LogP contribution is -2.39. The van der Waals surface area contributed by atoms with Crippen LogP contribution in [-0.2, 0) is 4.79 Å². The number of nitrogens with zero attached hydrogens (tertiary/aromatic N) is 3. The van der Waals surface area contributed by atoms with Crippen LogP contribution in [0.25, 0.3) is 0 Å². The quantitative estimate of drug-likeness (QED) is 0.876. The SMILES string of the molecule is CC(C)N(CCC(=O)O)C(=O)c1ccc(Cl)nn1. The Labute approximate surface area is 110 Å². The second-order valence-electron chi connectivity index (χ2n) is 3.98. The molecule has 1 amide bonds. The van der Waals surface area contributed by atoms with Crippen molar-refractivity contribution in [2.45, 2.75) is 26.3 Å². The molecule has 0 unspecified atom stereocenters. The molecule has 0 spiro atoms. The third kappa shape index (κ3) is 3.96. The lowest BCUT2D eigenvalue weighted by atomic mass is 10.2. The van der Waals surface area contributed by atoms with Crippen molar-refractivity contribution in [3.63, 3.8) is 0 Å². The first-order valence-electron chi connectivity index (χ1n) is 5.44. The van der Waals surface area contributed by atoms with E-state index in [9.17, 15) is 9.59 Å². The minimum absolute atomic E-state index is 0.106. The average Bonchev–Trinajstić information content (AvgIpc) is 2.29. The lowest BCUT2D eigenvalue weighted by molar-refractivity contribution is -0.137. The highest BCUT2D eigenvalue weighted by Gasteiger charge is 2.20. The van der Waals surface area contributed by atoms with Crippen molar-refractivity contribution in [1.29, 1.82) is 0 Å². The minimum atomic E-state index is -0.948. The van der Waals surface area contributed by atoms with Crippen molar-refractivity contribution in [1.82, 2.24) is 15.1 Å². The highest BCUT2D eigenvalue weighted by atomic mass is 35.5. The third-order valence-corrected chi connectivity index (χ3v) is 2.50. The molecule has 18 heavy (non-hydrogen) atoms. The zero-order valence-electron chi connectivity index (χ0n) is 10.1. The van der Waals surface area contributed by atoms with Gasteiger partial charge in [0.1, 0.15) is 0 Å². The van der Waals surface area contributed by atoms with Gasteiger partial charge in [-0.1, -0.05) is 11.6 Å². The van der Waals surface area contributed by atoms with Crippen LogP contribution in [0.2, 0.25) is 5.15 Å². The summed E-state index contributed by atoms with van der Waals surface area (Å²) in [7, 11) is 0. The van der Waals surface area contributed by atoms with E-state index >= 15 is 0 Å². The number of carboxylic acids is 1. The molecule has 0 fully saturated rings. The maximum Gasteiger partial charge on any atom is 0.305 e. The van der Waals surface area contributed by atoms with Gasteiger partial charge in [-0.25, -0.2) is 0 Å². The number of rotatable bonds is 5. The molecule has 7 heteroatoms. The molecular weight excluding hydrogens is 258 g/mol. The van der Waals surface area contributed by atoms with Crippen LogP contribution in [-0.4, -0.2) is 44.7 Å². The molecule has 1 aromatic heterocycles. The standard InChI is InChI=1S/C11H14ClN3O3/c1-7(2)15(6-5-10(16)17)11(18)8-3-4-9(12)14-13-8/h3-4,7H,5-6H2,1-2H3,(H,16,17). The maximum absolute atomic E-state index is 12.1. The molecule has 0 aromatic carbocycles. The first-order chi connectivity index (χ1) is 8.41. The van der Waals surface area contributed by atoms with Gasteiger partial charge in [-0.3, -0.25) is 9.59 Å². The predicted octanol–water partition coefficient (Wildman–Crippen LogP) is 1.46. The van der Waals surface area contributed by atoms with Crippen molar-refractivity contribution in [2.24, 2.45) is 0 Å². The molecule has 0 radical (unpaired) electrons. The van der Waals surface area contributed by atoms with Gasteiger partial charge in [0.05, 0.1) is 6.42 Å². The summed E-state index contributed by atoms with van der Waals surface area (Å²) in [5.41, 5.74) is 0.151. The molecule has 0 aliphatic carbocycles. The fraction of sp³-hybridized carbons (Fsp3) is 0.455. The van der Waals surface area contributed by atoms with Crippen molar-refractivity contribution < 1.29 is 14.7 Å². The van der Waals surface area contributed by atoms with E-state index in [2.05, 4.69) is 10.2 Å². The van der Waals surface area contributed by atoms with Gasteiger partial charge in [-0.2, -0.15) is 0 Å². The Balaban J connectivity index is 2.82. The van der Waals surface area contributed by atoms with Gasteiger partial charge in [0.2, 0.25) is 0 Å². The molecule has 6 nitrogen and oxygen atoms in total. The van der Waals surface area contributed by atoms with E-state index in [1.165, 1.54) is 17.0 Å². The van der Waals surface area contributed by atoms with Crippen molar-refractivity contribution in [3.8, 4) is 0 Å². The van der Waals surface area contributed by atoms with Gasteiger partial charge >= 0.3 is 5.97 Å². The van der Waals surface area contributed by atoms with E-state index in [-0.39, 0.29) is 35.8 Å². The van der Waals surface area contributed by atoms with E-state index in [0.29, 0.717) is 0 Å². The molecular formula is C11H14ClN3O3. The van der Waals surface area contributed by atoms with Crippen LogP contribution < -0.4 is 0 Å². The maximum atomic E-state index is 12.1. The number of carbonyl (C=O) groups excluding carboxylic acids is 1. The molecule has 0 atom stereocenters. The summed E-state index contributed by atoms with van der Waals surface area (Å²) >= 11 is 5.58. The van der Waals surface area contributed by atoms with Crippen LogP contribution in [0.3, 0.4) is 0 Å². The van der Waals surface area contributed by atoms with Gasteiger partial charge < -0.3 is 10.0 Å². The Morgan fingerprint density at radius 3 is 2.50 bits per heavy atom. The summed E-state index contributed by atoms with van der Waals surface area (Å²) in [4.78, 5) is 24.1. The van der Waals surface area contributed by atoms with Crippen LogP contribution in [0.1, 0.15) is 30.8 Å². The smallest absolute Gasteiger partial charge is 0.305 e. The summed E-state index contributed by atoms with van der Waals surface area (Å²) in [6.07, 6.45) is -0.106. The molecule has 1 rings (SSSR count). The van der Waals surface area contributed by atoms with Crippen LogP contribution in [0.15, 0.2) is 12.1 Å². The normalized spacial score (nSPS) is 10.4. The molecule has 1 heterocycles. The summed E-state index contributed by atoms with van der Waals surface area (Å²) < 4.78 is 0. The number of hydrogen-bond acceptors (Lipinski definition) is 4. The van der Waals surface area contributed by atoms with Crippen LogP contribution in [0.5, 0.6) is 0 Å². The molecule has 0 bridgehead atoms. The molecule has 1 N–H and O–H groups in total. The Morgan fingerprint density at radius 1 is 1.39 bits per heavy atom. The van der Waals surface area contributed by atoms with Crippen LogP contribution >= 0.6 is 11.6 Å². The second-order valence-corrected chi connectivity index (χ2v) is 4.36. The zero-order valence-corrected chi connectivity index (χ0v) is 10.9. The number of amides is 1. The van der Waals surface area contributed by atoms with Crippen molar-refractivity contribution >= 4 is 23.5 Å². The first kappa shape index (κ1) is 14.4. The molecule has 1 aromatic rings. The zero-order chi connectivity index (χ0) is 13.7. The van der Waals surface area contributed by atoms with Crippen LogP contribution in [0, 0.1) is 0 Å². The number of hydrogen-bond donors (Lipinski definition) is 1. The van der Waals surface area contributed by atoms with E-state index in [1.54, 1.807) is 0 Å². The number of aromatic nitrogens is 2. The molecule has 0 aliphatic rings. The number of halogens is 1.